The van der Waals surface area contributed by atoms with Crippen LogP contribution >= 0.6 is 11.6 Å². The molecule has 1 saturated carbocycles. The summed E-state index contributed by atoms with van der Waals surface area (Å²) < 4.78 is 5.23. The summed E-state index contributed by atoms with van der Waals surface area (Å²) in [6.45, 7) is 0. The van der Waals surface area contributed by atoms with Crippen LogP contribution in [0, 0.1) is 5.41 Å². The predicted octanol–water partition coefficient (Wildman–Crippen LogP) is 2.60. The molecule has 1 unspecified atom stereocenters. The van der Waals surface area contributed by atoms with Gasteiger partial charge in [-0.3, -0.25) is 4.79 Å². The van der Waals surface area contributed by atoms with E-state index in [1.165, 1.54) is 7.11 Å². The molecule has 1 aromatic carbocycles. The van der Waals surface area contributed by atoms with E-state index in [1.54, 1.807) is 18.2 Å². The molecule has 2 rings (SSSR count). The van der Waals surface area contributed by atoms with E-state index in [-0.39, 0.29) is 0 Å². The van der Waals surface area contributed by atoms with Crippen LogP contribution < -0.4 is 10.5 Å². The zero-order valence-electron chi connectivity index (χ0n) is 10.1. The van der Waals surface area contributed by atoms with Gasteiger partial charge in [0.25, 0.3) is 0 Å². The highest BCUT2D eigenvalue weighted by Crippen LogP contribution is 2.51. The maximum Gasteiger partial charge on any atom is 0.311 e. The molecule has 0 radical (unpaired) electrons. The number of aliphatic carboxylic acids is 1. The third-order valence-corrected chi connectivity index (χ3v) is 4.03. The molecule has 0 heterocycles. The third-order valence-electron chi connectivity index (χ3n) is 3.79. The molecular weight excluding hydrogens is 254 g/mol. The number of nitrogens with two attached hydrogens (primary N) is 1. The molecule has 0 aliphatic heterocycles. The molecule has 0 aromatic heterocycles. The molecule has 0 amide bonds. The molecule has 0 saturated heterocycles. The third kappa shape index (κ3) is 1.95. The topological polar surface area (TPSA) is 72.5 Å². The Kier molecular flexibility index (Phi) is 3.50. The molecule has 4 nitrogen and oxygen atoms in total. The molecule has 0 bridgehead atoms. The van der Waals surface area contributed by atoms with Gasteiger partial charge in [-0.05, 0) is 31.0 Å². The Morgan fingerprint density at radius 3 is 2.67 bits per heavy atom. The van der Waals surface area contributed by atoms with Crippen LogP contribution in [-0.4, -0.2) is 18.2 Å². The Morgan fingerprint density at radius 1 is 1.56 bits per heavy atom. The van der Waals surface area contributed by atoms with Crippen LogP contribution in [0.5, 0.6) is 5.75 Å². The Balaban J connectivity index is 2.41. The van der Waals surface area contributed by atoms with Gasteiger partial charge in [-0.1, -0.05) is 18.0 Å². The number of carboxylic acid groups (broad SMARTS) is 1. The highest BCUT2D eigenvalue weighted by molar-refractivity contribution is 6.30. The van der Waals surface area contributed by atoms with E-state index in [0.29, 0.717) is 29.2 Å². The Bertz CT molecular complexity index is 471. The van der Waals surface area contributed by atoms with Crippen molar-refractivity contribution in [1.82, 2.24) is 0 Å². The normalized spacial score (nSPS) is 18.8. The maximum absolute atomic E-state index is 11.4. The number of hydrogen-bond donors (Lipinski definition) is 2. The van der Waals surface area contributed by atoms with Gasteiger partial charge in [0.2, 0.25) is 0 Å². The smallest absolute Gasteiger partial charge is 0.311 e. The number of carboxylic acids is 1. The van der Waals surface area contributed by atoms with E-state index in [1.807, 2.05) is 0 Å². The van der Waals surface area contributed by atoms with Gasteiger partial charge < -0.3 is 15.6 Å². The summed E-state index contributed by atoms with van der Waals surface area (Å²) in [6, 6.07) is 4.50. The molecule has 18 heavy (non-hydrogen) atoms. The van der Waals surface area contributed by atoms with Gasteiger partial charge in [0.05, 0.1) is 12.5 Å². The predicted molar refractivity (Wildman–Crippen MR) is 68.9 cm³/mol. The fourth-order valence-electron chi connectivity index (χ4n) is 2.46. The monoisotopic (exact) mass is 269 g/mol. The molecule has 0 spiro atoms. The van der Waals surface area contributed by atoms with E-state index < -0.39 is 17.4 Å². The average Bonchev–Trinajstić information content (AvgIpc) is 2.26. The summed E-state index contributed by atoms with van der Waals surface area (Å²) in [5.74, 6) is -0.261. The van der Waals surface area contributed by atoms with Crippen molar-refractivity contribution in [3.63, 3.8) is 0 Å². The molecule has 98 valence electrons. The zero-order chi connectivity index (χ0) is 13.3. The van der Waals surface area contributed by atoms with Crippen molar-refractivity contribution in [1.29, 1.82) is 0 Å². The molecule has 1 atom stereocenters. The number of rotatable bonds is 4. The molecular formula is C13H16ClNO3. The second kappa shape index (κ2) is 4.78. The lowest BCUT2D eigenvalue weighted by atomic mass is 9.62. The van der Waals surface area contributed by atoms with Crippen molar-refractivity contribution in [2.75, 3.05) is 7.11 Å². The summed E-state index contributed by atoms with van der Waals surface area (Å²) in [6.07, 6.45) is 2.08. The first-order valence-electron chi connectivity index (χ1n) is 5.83. The van der Waals surface area contributed by atoms with Crippen LogP contribution in [0.2, 0.25) is 5.02 Å². The first-order valence-corrected chi connectivity index (χ1v) is 6.21. The lowest BCUT2D eigenvalue weighted by Crippen LogP contribution is -2.46. The lowest BCUT2D eigenvalue weighted by Gasteiger charge is -2.42. The van der Waals surface area contributed by atoms with Gasteiger partial charge in [0.15, 0.2) is 0 Å². The molecule has 5 heteroatoms. The molecule has 1 fully saturated rings. The second-order valence-corrected chi connectivity index (χ2v) is 5.12. The van der Waals surface area contributed by atoms with E-state index >= 15 is 0 Å². The molecule has 1 aliphatic rings. The van der Waals surface area contributed by atoms with Crippen molar-refractivity contribution in [2.24, 2.45) is 11.1 Å². The second-order valence-electron chi connectivity index (χ2n) is 4.68. The zero-order valence-corrected chi connectivity index (χ0v) is 10.9. The van der Waals surface area contributed by atoms with Crippen LogP contribution in [0.4, 0.5) is 0 Å². The van der Waals surface area contributed by atoms with Crippen molar-refractivity contribution < 1.29 is 14.6 Å². The van der Waals surface area contributed by atoms with Crippen molar-refractivity contribution in [3.8, 4) is 5.75 Å². The Hall–Kier alpha value is -1.26. The lowest BCUT2D eigenvalue weighted by molar-refractivity contribution is -0.156. The highest BCUT2D eigenvalue weighted by Gasteiger charge is 2.50. The van der Waals surface area contributed by atoms with E-state index in [0.717, 1.165) is 6.42 Å². The Morgan fingerprint density at radius 2 is 2.22 bits per heavy atom. The Labute approximate surface area is 111 Å². The van der Waals surface area contributed by atoms with Crippen molar-refractivity contribution in [3.05, 3.63) is 28.8 Å². The number of benzene rings is 1. The van der Waals surface area contributed by atoms with Crippen LogP contribution in [0.1, 0.15) is 30.9 Å². The van der Waals surface area contributed by atoms with Gasteiger partial charge in [-0.25, -0.2) is 0 Å². The van der Waals surface area contributed by atoms with Gasteiger partial charge >= 0.3 is 5.97 Å². The van der Waals surface area contributed by atoms with Crippen LogP contribution in [0.3, 0.4) is 0 Å². The minimum absolute atomic E-state index is 0.529. The maximum atomic E-state index is 11.4. The van der Waals surface area contributed by atoms with E-state index in [4.69, 9.17) is 22.1 Å². The van der Waals surface area contributed by atoms with Gasteiger partial charge in [0, 0.05) is 16.6 Å². The van der Waals surface area contributed by atoms with E-state index in [9.17, 15) is 9.90 Å². The minimum atomic E-state index is -0.877. The summed E-state index contributed by atoms with van der Waals surface area (Å²) in [4.78, 5) is 11.4. The highest BCUT2D eigenvalue weighted by atomic mass is 35.5. The number of methoxy groups -OCH3 is 1. The first kappa shape index (κ1) is 13.2. The summed E-state index contributed by atoms with van der Waals surface area (Å²) in [7, 11) is 1.54. The summed E-state index contributed by atoms with van der Waals surface area (Å²) >= 11 is 5.95. The van der Waals surface area contributed by atoms with Crippen LogP contribution in [0.25, 0.3) is 0 Å². The van der Waals surface area contributed by atoms with Crippen LogP contribution in [0.15, 0.2) is 18.2 Å². The molecule has 3 N–H and O–H groups in total. The molecule has 1 aromatic rings. The quantitative estimate of drug-likeness (QED) is 0.881. The summed E-state index contributed by atoms with van der Waals surface area (Å²) in [5, 5.41) is 9.92. The van der Waals surface area contributed by atoms with Crippen molar-refractivity contribution in [2.45, 2.75) is 25.3 Å². The fourth-order valence-corrected chi connectivity index (χ4v) is 2.64. The van der Waals surface area contributed by atoms with Gasteiger partial charge in [0.1, 0.15) is 5.75 Å². The fraction of sp³-hybridized carbons (Fsp3) is 0.462. The number of ether oxygens (including phenoxy) is 1. The SMILES string of the molecule is COc1ccc(Cl)cc1C(N)C1(C(=O)O)CCC1. The van der Waals surface area contributed by atoms with Gasteiger partial charge in [-0.15, -0.1) is 0 Å². The number of hydrogen-bond acceptors (Lipinski definition) is 3. The van der Waals surface area contributed by atoms with Crippen LogP contribution in [-0.2, 0) is 4.79 Å². The van der Waals surface area contributed by atoms with Gasteiger partial charge in [-0.2, -0.15) is 0 Å². The van der Waals surface area contributed by atoms with Crippen molar-refractivity contribution >= 4 is 17.6 Å². The number of halogens is 1. The average molecular weight is 270 g/mol. The summed E-state index contributed by atoms with van der Waals surface area (Å²) in [5.41, 5.74) is 5.94. The number of carbonyl (C=O) groups is 1. The largest absolute Gasteiger partial charge is 0.496 e. The van der Waals surface area contributed by atoms with E-state index in [2.05, 4.69) is 0 Å². The first-order chi connectivity index (χ1) is 8.51. The molecule has 1 aliphatic carbocycles. The standard InChI is InChI=1S/C13H16ClNO3/c1-18-10-4-3-8(14)7-9(10)11(15)13(12(16)17)5-2-6-13/h3-4,7,11H,2,5-6,15H2,1H3,(H,16,17). The minimum Gasteiger partial charge on any atom is -0.496 e.